The van der Waals surface area contributed by atoms with Crippen LogP contribution in [0, 0.1) is 29.6 Å². The van der Waals surface area contributed by atoms with E-state index in [1.165, 1.54) is 26.2 Å². The van der Waals surface area contributed by atoms with E-state index in [4.69, 9.17) is 44.6 Å². The fourth-order valence-electron chi connectivity index (χ4n) is 11.7. The minimum Gasteiger partial charge on any atom is -0.445 e. The van der Waals surface area contributed by atoms with E-state index in [1.807, 2.05) is 32.0 Å². The van der Waals surface area contributed by atoms with Crippen molar-refractivity contribution in [1.82, 2.24) is 41.3 Å². The summed E-state index contributed by atoms with van der Waals surface area (Å²) in [5.74, 6) is -5.28. The number of carbonyl (C=O) groups excluding carboxylic acids is 9. The highest BCUT2D eigenvalue weighted by molar-refractivity contribution is 5.98. The highest BCUT2D eigenvalue weighted by Gasteiger charge is 2.44. The third-order valence-electron chi connectivity index (χ3n) is 17.4. The van der Waals surface area contributed by atoms with E-state index >= 15 is 0 Å². The van der Waals surface area contributed by atoms with Gasteiger partial charge in [-0.3, -0.25) is 38.5 Å². The van der Waals surface area contributed by atoms with Crippen LogP contribution in [0.4, 0.5) is 15.3 Å². The van der Waals surface area contributed by atoms with Crippen LogP contribution in [0.25, 0.3) is 0 Å². The first-order chi connectivity index (χ1) is 46.1. The van der Waals surface area contributed by atoms with E-state index in [9.17, 15) is 48.3 Å². The summed E-state index contributed by atoms with van der Waals surface area (Å²) in [4.78, 5) is 128. The van der Waals surface area contributed by atoms with Crippen LogP contribution in [-0.2, 0) is 73.3 Å². The third-order valence-corrected chi connectivity index (χ3v) is 17.4. The predicted molar refractivity (Wildman–Crippen MR) is 366 cm³/mol. The van der Waals surface area contributed by atoms with Gasteiger partial charge in [0, 0.05) is 60.1 Å². The molecule has 1 heterocycles. The molecule has 0 unspecified atom stereocenters. The molecule has 2 aromatic rings. The molecule has 28 heteroatoms. The number of nitrogens with two attached hydrogens (primary N) is 2. The Hall–Kier alpha value is -7.05. The molecule has 0 spiro atoms. The average molecular weight is 1370 g/mol. The molecule has 548 valence electrons. The van der Waals surface area contributed by atoms with Gasteiger partial charge in [0.15, 0.2) is 0 Å². The molecule has 11 N–H and O–H groups in total. The molecular weight excluding hydrogens is 1250 g/mol. The number of methoxy groups -OCH3 is 2. The van der Waals surface area contributed by atoms with Crippen molar-refractivity contribution in [3.8, 4) is 0 Å². The van der Waals surface area contributed by atoms with Crippen LogP contribution in [0.5, 0.6) is 0 Å². The number of carbonyl (C=O) groups is 9. The number of primary amides is 1. The summed E-state index contributed by atoms with van der Waals surface area (Å²) in [6, 6.07) is 8.80. The van der Waals surface area contributed by atoms with Gasteiger partial charge in [-0.1, -0.05) is 111 Å². The maximum atomic E-state index is 14.8. The van der Waals surface area contributed by atoms with Crippen molar-refractivity contribution in [3.05, 3.63) is 65.7 Å². The molecule has 1 aliphatic heterocycles. The molecule has 1 saturated heterocycles. The minimum atomic E-state index is -1.11. The smallest absolute Gasteiger partial charge is 0.410 e. The molecule has 12 atom stereocenters. The predicted octanol–water partition coefficient (Wildman–Crippen LogP) is 4.01. The molecule has 3 rings (SSSR count). The van der Waals surface area contributed by atoms with E-state index in [2.05, 4.69) is 31.9 Å². The molecule has 0 bridgehead atoms. The Bertz CT molecular complexity index is 2710. The van der Waals surface area contributed by atoms with Crippen LogP contribution in [0.2, 0.25) is 0 Å². The lowest BCUT2D eigenvalue weighted by Crippen LogP contribution is -2.60. The van der Waals surface area contributed by atoms with Crippen LogP contribution in [0.3, 0.4) is 0 Å². The average Bonchev–Trinajstić information content (AvgIpc) is 1.23. The molecule has 97 heavy (non-hydrogen) atoms. The topological polar surface area (TPSA) is 372 Å². The van der Waals surface area contributed by atoms with Crippen LogP contribution < -0.4 is 43.4 Å². The minimum absolute atomic E-state index is 0.0334. The first kappa shape index (κ1) is 84.2. The van der Waals surface area contributed by atoms with Crippen LogP contribution >= 0.6 is 0 Å². The Morgan fingerprint density at radius 3 is 1.82 bits per heavy atom. The van der Waals surface area contributed by atoms with Crippen molar-refractivity contribution < 1.29 is 81.4 Å². The first-order valence-electron chi connectivity index (χ1n) is 34.0. The standard InChI is InChI=1S/C69H115N11O17/c1-15-46(8)60(54(91-13)41-56(82)80-32-20-24-53(80)62(92-14)47(9)63(84)73-48(10)61(83)50-21-17-16-18-22-50)78(11)67(88)58(44(4)5)77-66(87)59(45(6)7)79(12)69(90)97-42-49-25-27-51(28-26-49)74-64(85)52(23-19-31-72-68(71)89)75-65(86)57(43(2)3)76-55(81)29-33-93-35-37-95-39-40-96-38-36-94-34-30-70/h16-18,21-22,25-28,43-48,52-54,57-62,83H,15,19-20,23-24,29-42,70H2,1-14H3,(H,73,84)(H,74,85)(H,75,86)(H,76,81)(H,77,87)(H3,71,72,89)/t46-,47+,48+,52-,53-,54+,57-,58-,59-,60-,61+,62+/m0/s1. The number of urea groups is 1. The second-order valence-electron chi connectivity index (χ2n) is 25.8. The molecule has 28 nitrogen and oxygen atoms in total. The van der Waals surface area contributed by atoms with Crippen molar-refractivity contribution in [2.45, 2.75) is 181 Å². The summed E-state index contributed by atoms with van der Waals surface area (Å²) >= 11 is 0. The van der Waals surface area contributed by atoms with E-state index in [0.29, 0.717) is 88.8 Å². The maximum Gasteiger partial charge on any atom is 0.410 e. The number of rotatable bonds is 46. The van der Waals surface area contributed by atoms with Gasteiger partial charge >= 0.3 is 12.1 Å². The summed E-state index contributed by atoms with van der Waals surface area (Å²) in [6.45, 7) is 21.6. The fourth-order valence-corrected chi connectivity index (χ4v) is 11.7. The molecule has 0 saturated carbocycles. The number of anilines is 1. The van der Waals surface area contributed by atoms with Gasteiger partial charge in [0.1, 0.15) is 30.8 Å². The zero-order valence-electron chi connectivity index (χ0n) is 59.8. The molecule has 10 amide bonds. The number of aliphatic hydroxyl groups excluding tert-OH is 1. The number of aliphatic hydroxyl groups is 1. The van der Waals surface area contributed by atoms with Gasteiger partial charge in [-0.15, -0.1) is 0 Å². The van der Waals surface area contributed by atoms with Crippen molar-refractivity contribution >= 4 is 59.2 Å². The SMILES string of the molecule is CC[C@H](C)[C@@H]([C@@H](CC(=O)N1CCC[C@H]1[C@H](OC)[C@@H](C)C(=O)N[C@H](C)[C@@H](O)c1ccccc1)OC)N(C)C(=O)[C@@H](NC(=O)[C@H](C(C)C)N(C)C(=O)OCc1ccc(NC(=O)[C@H](CCCNC(N)=O)NC(=O)[C@@H](NC(=O)CCOCCOCCOCCOCCN)C(C)C)cc1)C(C)C. The van der Waals surface area contributed by atoms with Crippen LogP contribution in [0.15, 0.2) is 54.6 Å². The number of amides is 10. The molecular formula is C69H115N11O17. The molecule has 0 aromatic heterocycles. The van der Waals surface area contributed by atoms with Gasteiger partial charge in [-0.2, -0.15) is 0 Å². The number of nitrogens with one attached hydrogen (secondary N) is 6. The first-order valence-corrected chi connectivity index (χ1v) is 34.0. The Balaban J connectivity index is 1.64. The number of likely N-dealkylation sites (tertiary alicyclic amines) is 1. The van der Waals surface area contributed by atoms with Crippen molar-refractivity contribution in [3.63, 3.8) is 0 Å². The summed E-state index contributed by atoms with van der Waals surface area (Å²) < 4.78 is 39.4. The van der Waals surface area contributed by atoms with Crippen LogP contribution in [0.1, 0.15) is 131 Å². The fraction of sp³-hybridized carbons (Fsp3) is 0.696. The number of nitrogens with zero attached hydrogens (tertiary/aromatic N) is 3. The van der Waals surface area contributed by atoms with E-state index < -0.39 is 120 Å². The molecule has 1 fully saturated rings. The number of benzene rings is 2. The van der Waals surface area contributed by atoms with Crippen molar-refractivity contribution in [2.75, 3.05) is 106 Å². The molecule has 0 aliphatic carbocycles. The van der Waals surface area contributed by atoms with Gasteiger partial charge < -0.3 is 91.4 Å². The van der Waals surface area contributed by atoms with Crippen molar-refractivity contribution in [2.24, 2.45) is 41.1 Å². The zero-order valence-corrected chi connectivity index (χ0v) is 59.8. The third kappa shape index (κ3) is 28.4. The highest BCUT2D eigenvalue weighted by atomic mass is 16.6. The lowest BCUT2D eigenvalue weighted by molar-refractivity contribution is -0.148. The monoisotopic (exact) mass is 1370 g/mol. The summed E-state index contributed by atoms with van der Waals surface area (Å²) in [7, 11) is 6.09. The zero-order chi connectivity index (χ0) is 72.3. The maximum absolute atomic E-state index is 14.8. The molecule has 2 aromatic carbocycles. The number of hydrogen-bond donors (Lipinski definition) is 9. The van der Waals surface area contributed by atoms with Gasteiger partial charge in [-0.25, -0.2) is 9.59 Å². The van der Waals surface area contributed by atoms with E-state index in [1.54, 1.807) is 109 Å². The lowest BCUT2D eigenvalue weighted by Gasteiger charge is -2.41. The van der Waals surface area contributed by atoms with Gasteiger partial charge in [0.05, 0.1) is 102 Å². The molecule has 0 radical (unpaired) electrons. The Labute approximate surface area is 574 Å². The quantitative estimate of drug-likeness (QED) is 0.0423. The summed E-state index contributed by atoms with van der Waals surface area (Å²) in [5.41, 5.74) is 12.2. The summed E-state index contributed by atoms with van der Waals surface area (Å²) in [6.07, 6.45) is -1.08. The lowest BCUT2D eigenvalue weighted by atomic mass is 9.89. The Kier molecular flexibility index (Phi) is 38.9. The summed E-state index contributed by atoms with van der Waals surface area (Å²) in [5, 5.41) is 27.6. The van der Waals surface area contributed by atoms with E-state index in [-0.39, 0.29) is 75.7 Å². The van der Waals surface area contributed by atoms with E-state index in [0.717, 1.165) is 0 Å². The van der Waals surface area contributed by atoms with Gasteiger partial charge in [-0.05, 0) is 79.5 Å². The second-order valence-corrected chi connectivity index (χ2v) is 25.8. The normalized spacial score (nSPS) is 16.5. The largest absolute Gasteiger partial charge is 0.445 e. The van der Waals surface area contributed by atoms with Gasteiger partial charge in [0.25, 0.3) is 0 Å². The molecule has 1 aliphatic rings. The Morgan fingerprint density at radius 1 is 0.680 bits per heavy atom. The van der Waals surface area contributed by atoms with Crippen molar-refractivity contribution in [1.29, 1.82) is 0 Å². The Morgan fingerprint density at radius 2 is 1.28 bits per heavy atom. The number of likely N-dealkylation sites (N-methyl/N-ethyl adjacent to an activating group) is 2. The van der Waals surface area contributed by atoms with Crippen LogP contribution in [-0.4, -0.2) is 229 Å². The second kappa shape index (κ2) is 44.8. The number of hydrogen-bond acceptors (Lipinski definition) is 18. The number of ether oxygens (including phenoxy) is 7. The van der Waals surface area contributed by atoms with Gasteiger partial charge in [0.2, 0.25) is 41.4 Å². The highest BCUT2D eigenvalue weighted by Crippen LogP contribution is 2.30.